The Balaban J connectivity index is 1.37. The van der Waals surface area contributed by atoms with Crippen LogP contribution in [-0.4, -0.2) is 55.1 Å². The quantitative estimate of drug-likeness (QED) is 0.830. The van der Waals surface area contributed by atoms with Crippen LogP contribution in [0.15, 0.2) is 42.5 Å². The molecule has 2 aromatic rings. The number of rotatable bonds is 3. The van der Waals surface area contributed by atoms with E-state index in [1.165, 1.54) is 0 Å². The zero-order valence-corrected chi connectivity index (χ0v) is 15.2. The first-order valence-electron chi connectivity index (χ1n) is 8.85. The van der Waals surface area contributed by atoms with E-state index in [9.17, 15) is 4.79 Å². The molecule has 2 aliphatic heterocycles. The topological polar surface area (TPSA) is 42.0 Å². The minimum absolute atomic E-state index is 0.0411. The Kier molecular flexibility index (Phi) is 5.00. The summed E-state index contributed by atoms with van der Waals surface area (Å²) in [5.41, 5.74) is 1.77. The highest BCUT2D eigenvalue weighted by Crippen LogP contribution is 2.31. The molecule has 136 valence electrons. The van der Waals surface area contributed by atoms with Gasteiger partial charge in [0.25, 0.3) is 5.91 Å². The molecule has 0 aliphatic carbocycles. The molecular formula is C20H21ClN2O3. The number of nitrogens with zero attached hydrogens (tertiary/aromatic N) is 2. The van der Waals surface area contributed by atoms with Gasteiger partial charge in [-0.2, -0.15) is 0 Å². The number of benzene rings is 2. The monoisotopic (exact) mass is 372 g/mol. The predicted molar refractivity (Wildman–Crippen MR) is 100 cm³/mol. The number of ether oxygens (including phenoxy) is 2. The van der Waals surface area contributed by atoms with Crippen LogP contribution >= 0.6 is 11.6 Å². The van der Waals surface area contributed by atoms with E-state index in [1.807, 2.05) is 35.2 Å². The van der Waals surface area contributed by atoms with E-state index >= 15 is 0 Å². The van der Waals surface area contributed by atoms with E-state index in [0.29, 0.717) is 43.4 Å². The Labute approximate surface area is 158 Å². The van der Waals surface area contributed by atoms with Crippen LogP contribution in [0.1, 0.15) is 15.9 Å². The Morgan fingerprint density at radius 2 is 1.69 bits per heavy atom. The van der Waals surface area contributed by atoms with Crippen molar-refractivity contribution in [2.24, 2.45) is 0 Å². The molecule has 2 aromatic carbocycles. The highest BCUT2D eigenvalue weighted by atomic mass is 35.5. The summed E-state index contributed by atoms with van der Waals surface area (Å²) in [5.74, 6) is 1.40. The van der Waals surface area contributed by atoms with Crippen molar-refractivity contribution >= 4 is 17.5 Å². The number of amides is 1. The number of hydrogen-bond acceptors (Lipinski definition) is 4. The number of carbonyl (C=O) groups is 1. The van der Waals surface area contributed by atoms with E-state index < -0.39 is 0 Å². The summed E-state index contributed by atoms with van der Waals surface area (Å²) < 4.78 is 11.1. The van der Waals surface area contributed by atoms with Crippen molar-refractivity contribution in [1.82, 2.24) is 9.80 Å². The normalized spacial score (nSPS) is 17.2. The number of piperazine rings is 1. The first-order valence-corrected chi connectivity index (χ1v) is 9.23. The van der Waals surface area contributed by atoms with Gasteiger partial charge in [0, 0.05) is 43.3 Å². The van der Waals surface area contributed by atoms with Gasteiger partial charge in [-0.1, -0.05) is 29.8 Å². The predicted octanol–water partition coefficient (Wildman–Crippen LogP) is 3.07. The summed E-state index contributed by atoms with van der Waals surface area (Å²) in [6.07, 6.45) is 0. The van der Waals surface area contributed by atoms with Crippen molar-refractivity contribution in [3.63, 3.8) is 0 Å². The fraction of sp³-hybridized carbons (Fsp3) is 0.350. The fourth-order valence-electron chi connectivity index (χ4n) is 3.34. The van der Waals surface area contributed by atoms with Gasteiger partial charge in [-0.25, -0.2) is 0 Å². The molecule has 0 atom stereocenters. The molecule has 2 aliphatic rings. The average Bonchev–Trinajstić information content (AvgIpc) is 2.69. The van der Waals surface area contributed by atoms with Crippen molar-refractivity contribution in [1.29, 1.82) is 0 Å². The second kappa shape index (κ2) is 7.56. The van der Waals surface area contributed by atoms with Crippen LogP contribution in [0.5, 0.6) is 11.5 Å². The number of fused-ring (bicyclic) bond motifs is 1. The highest BCUT2D eigenvalue weighted by Gasteiger charge is 2.24. The lowest BCUT2D eigenvalue weighted by Crippen LogP contribution is -2.48. The van der Waals surface area contributed by atoms with Gasteiger partial charge in [-0.05, 0) is 29.8 Å². The van der Waals surface area contributed by atoms with Crippen molar-refractivity contribution in [2.75, 3.05) is 39.4 Å². The summed E-state index contributed by atoms with van der Waals surface area (Å²) >= 11 is 6.25. The van der Waals surface area contributed by atoms with Crippen LogP contribution in [0.2, 0.25) is 5.02 Å². The van der Waals surface area contributed by atoms with E-state index in [-0.39, 0.29) is 5.91 Å². The largest absolute Gasteiger partial charge is 0.486 e. The molecule has 5 nitrogen and oxygen atoms in total. The second-order valence-electron chi connectivity index (χ2n) is 6.52. The van der Waals surface area contributed by atoms with E-state index in [2.05, 4.69) is 11.0 Å². The maximum Gasteiger partial charge on any atom is 0.254 e. The van der Waals surface area contributed by atoms with Crippen LogP contribution in [-0.2, 0) is 6.54 Å². The molecule has 6 heteroatoms. The maximum atomic E-state index is 12.8. The zero-order valence-electron chi connectivity index (χ0n) is 14.5. The molecule has 1 amide bonds. The van der Waals surface area contributed by atoms with E-state index in [1.54, 1.807) is 6.07 Å². The summed E-state index contributed by atoms with van der Waals surface area (Å²) in [5, 5.41) is 0.794. The van der Waals surface area contributed by atoms with Crippen LogP contribution < -0.4 is 9.47 Å². The SMILES string of the molecule is O=C(c1ccc2c(c1)OCCO2)N1CCN(Cc2ccccc2Cl)CC1. The molecule has 0 N–H and O–H groups in total. The Morgan fingerprint density at radius 3 is 2.46 bits per heavy atom. The molecule has 0 bridgehead atoms. The summed E-state index contributed by atoms with van der Waals surface area (Å²) in [6, 6.07) is 13.3. The molecule has 1 fully saturated rings. The first kappa shape index (κ1) is 17.2. The molecule has 0 unspecified atom stereocenters. The van der Waals surface area contributed by atoms with Crippen LogP contribution in [0, 0.1) is 0 Å². The molecule has 0 radical (unpaired) electrons. The first-order chi connectivity index (χ1) is 12.7. The molecule has 2 heterocycles. The van der Waals surface area contributed by atoms with Gasteiger partial charge in [0.15, 0.2) is 11.5 Å². The van der Waals surface area contributed by atoms with Gasteiger partial charge in [0.05, 0.1) is 0 Å². The van der Waals surface area contributed by atoms with Gasteiger partial charge in [0.2, 0.25) is 0 Å². The molecule has 26 heavy (non-hydrogen) atoms. The van der Waals surface area contributed by atoms with Crippen LogP contribution in [0.25, 0.3) is 0 Å². The smallest absolute Gasteiger partial charge is 0.254 e. The standard InChI is InChI=1S/C20H21ClN2O3/c21-17-4-2-1-3-16(17)14-22-7-9-23(10-8-22)20(24)15-5-6-18-19(13-15)26-12-11-25-18/h1-6,13H,7-12,14H2. The third kappa shape index (κ3) is 3.64. The van der Waals surface area contributed by atoms with Gasteiger partial charge < -0.3 is 14.4 Å². The third-order valence-corrected chi connectivity index (χ3v) is 5.17. The van der Waals surface area contributed by atoms with Gasteiger partial charge >= 0.3 is 0 Å². The van der Waals surface area contributed by atoms with Crippen LogP contribution in [0.3, 0.4) is 0 Å². The van der Waals surface area contributed by atoms with E-state index in [4.69, 9.17) is 21.1 Å². The van der Waals surface area contributed by atoms with Gasteiger partial charge in [0.1, 0.15) is 13.2 Å². The highest BCUT2D eigenvalue weighted by molar-refractivity contribution is 6.31. The lowest BCUT2D eigenvalue weighted by molar-refractivity contribution is 0.0627. The Bertz CT molecular complexity index is 803. The number of halogens is 1. The van der Waals surface area contributed by atoms with Crippen molar-refractivity contribution in [3.05, 3.63) is 58.6 Å². The maximum absolute atomic E-state index is 12.8. The molecule has 4 rings (SSSR count). The van der Waals surface area contributed by atoms with Crippen molar-refractivity contribution < 1.29 is 14.3 Å². The molecule has 0 saturated carbocycles. The molecule has 0 aromatic heterocycles. The third-order valence-electron chi connectivity index (χ3n) is 4.80. The van der Waals surface area contributed by atoms with Gasteiger partial charge in [-0.3, -0.25) is 9.69 Å². The summed E-state index contributed by atoms with van der Waals surface area (Å²) in [7, 11) is 0. The second-order valence-corrected chi connectivity index (χ2v) is 6.93. The fourth-order valence-corrected chi connectivity index (χ4v) is 3.53. The van der Waals surface area contributed by atoms with Gasteiger partial charge in [-0.15, -0.1) is 0 Å². The van der Waals surface area contributed by atoms with Crippen molar-refractivity contribution in [3.8, 4) is 11.5 Å². The molecule has 1 saturated heterocycles. The van der Waals surface area contributed by atoms with Crippen molar-refractivity contribution in [2.45, 2.75) is 6.54 Å². The minimum atomic E-state index is 0.0411. The Morgan fingerprint density at radius 1 is 0.962 bits per heavy atom. The minimum Gasteiger partial charge on any atom is -0.486 e. The number of hydrogen-bond donors (Lipinski definition) is 0. The lowest BCUT2D eigenvalue weighted by atomic mass is 10.1. The summed E-state index contributed by atoms with van der Waals surface area (Å²) in [6.45, 7) is 4.96. The number of carbonyl (C=O) groups excluding carboxylic acids is 1. The zero-order chi connectivity index (χ0) is 17.9. The molecule has 0 spiro atoms. The van der Waals surface area contributed by atoms with Crippen LogP contribution in [0.4, 0.5) is 0 Å². The Hall–Kier alpha value is -2.24. The molecular weight excluding hydrogens is 352 g/mol. The van der Waals surface area contributed by atoms with E-state index in [0.717, 1.165) is 30.2 Å². The summed E-state index contributed by atoms with van der Waals surface area (Å²) in [4.78, 5) is 17.0. The lowest BCUT2D eigenvalue weighted by Gasteiger charge is -2.35. The average molecular weight is 373 g/mol.